The highest BCUT2D eigenvalue weighted by Crippen LogP contribution is 2.19. The number of carbonyl (C=O) groups excluding carboxylic acids is 2. The molecule has 0 unspecified atom stereocenters. The first-order valence-corrected chi connectivity index (χ1v) is 6.95. The van der Waals surface area contributed by atoms with Crippen molar-refractivity contribution in [1.29, 1.82) is 0 Å². The molecule has 2 fully saturated rings. The van der Waals surface area contributed by atoms with Crippen molar-refractivity contribution < 1.29 is 14.7 Å². The third-order valence-electron chi connectivity index (χ3n) is 3.98. The zero-order chi connectivity index (χ0) is 14.0. The molecule has 0 spiro atoms. The van der Waals surface area contributed by atoms with E-state index in [0.29, 0.717) is 6.54 Å². The zero-order valence-corrected chi connectivity index (χ0v) is 11.7. The van der Waals surface area contributed by atoms with Gasteiger partial charge in [0.2, 0.25) is 0 Å². The number of imide groups is 1. The topological polar surface area (TPSA) is 72.9 Å². The summed E-state index contributed by atoms with van der Waals surface area (Å²) in [6.45, 7) is 5.89. The molecule has 19 heavy (non-hydrogen) atoms. The second kappa shape index (κ2) is 5.46. The van der Waals surface area contributed by atoms with E-state index >= 15 is 0 Å². The van der Waals surface area contributed by atoms with Gasteiger partial charge in [-0.3, -0.25) is 14.6 Å². The molecule has 0 saturated carbocycles. The Bertz CT molecular complexity index is 370. The minimum Gasteiger partial charge on any atom is -0.395 e. The quantitative estimate of drug-likeness (QED) is 0.698. The highest BCUT2D eigenvalue weighted by atomic mass is 16.3. The molecule has 0 radical (unpaired) electrons. The molecule has 1 atom stereocenters. The fourth-order valence-corrected chi connectivity index (χ4v) is 2.85. The molecule has 6 heteroatoms. The normalized spacial score (nSPS) is 27.1. The lowest BCUT2D eigenvalue weighted by Gasteiger charge is -2.23. The molecular weight excluding hydrogens is 246 g/mol. The van der Waals surface area contributed by atoms with Gasteiger partial charge >= 0.3 is 6.03 Å². The van der Waals surface area contributed by atoms with Gasteiger partial charge in [0.25, 0.3) is 5.91 Å². The minimum atomic E-state index is -0.779. The fourth-order valence-electron chi connectivity index (χ4n) is 2.85. The van der Waals surface area contributed by atoms with Gasteiger partial charge in [-0.1, -0.05) is 0 Å². The molecule has 0 bridgehead atoms. The first-order chi connectivity index (χ1) is 8.95. The van der Waals surface area contributed by atoms with Crippen molar-refractivity contribution in [2.75, 3.05) is 26.2 Å². The maximum absolute atomic E-state index is 12.0. The van der Waals surface area contributed by atoms with Gasteiger partial charge < -0.3 is 10.4 Å². The number of nitrogens with one attached hydrogen (secondary N) is 1. The highest BCUT2D eigenvalue weighted by molar-refractivity contribution is 6.06. The molecule has 2 heterocycles. The van der Waals surface area contributed by atoms with Gasteiger partial charge in [0.15, 0.2) is 0 Å². The van der Waals surface area contributed by atoms with Crippen LogP contribution in [0.3, 0.4) is 0 Å². The summed E-state index contributed by atoms with van der Waals surface area (Å²) in [5.41, 5.74) is -0.779. The summed E-state index contributed by atoms with van der Waals surface area (Å²) in [4.78, 5) is 27.2. The Balaban J connectivity index is 1.80. The third-order valence-corrected chi connectivity index (χ3v) is 3.98. The van der Waals surface area contributed by atoms with E-state index < -0.39 is 5.54 Å². The second-order valence-electron chi connectivity index (χ2n) is 5.88. The average molecular weight is 269 g/mol. The summed E-state index contributed by atoms with van der Waals surface area (Å²) in [7, 11) is 0. The predicted octanol–water partition coefficient (Wildman–Crippen LogP) is 0.164. The van der Waals surface area contributed by atoms with Crippen molar-refractivity contribution in [3.63, 3.8) is 0 Å². The van der Waals surface area contributed by atoms with Crippen LogP contribution in [0.4, 0.5) is 4.79 Å². The van der Waals surface area contributed by atoms with Gasteiger partial charge in [0, 0.05) is 19.1 Å². The van der Waals surface area contributed by atoms with Crippen LogP contribution >= 0.6 is 0 Å². The molecule has 0 aliphatic carbocycles. The summed E-state index contributed by atoms with van der Waals surface area (Å²) in [5.74, 6) is -0.155. The van der Waals surface area contributed by atoms with Crippen LogP contribution in [0.15, 0.2) is 0 Å². The lowest BCUT2D eigenvalue weighted by molar-refractivity contribution is -0.130. The van der Waals surface area contributed by atoms with E-state index in [-0.39, 0.29) is 24.6 Å². The molecule has 0 aromatic heterocycles. The summed E-state index contributed by atoms with van der Waals surface area (Å²) in [6, 6.07) is -0.0466. The van der Waals surface area contributed by atoms with Crippen LogP contribution < -0.4 is 5.32 Å². The van der Waals surface area contributed by atoms with Gasteiger partial charge in [-0.05, 0) is 39.7 Å². The van der Waals surface area contributed by atoms with Crippen LogP contribution in [-0.2, 0) is 4.79 Å². The van der Waals surface area contributed by atoms with E-state index in [1.165, 1.54) is 4.90 Å². The number of hydrogen-bond acceptors (Lipinski definition) is 4. The van der Waals surface area contributed by atoms with Gasteiger partial charge in [-0.2, -0.15) is 0 Å². The maximum Gasteiger partial charge on any atom is 0.325 e. The second-order valence-corrected chi connectivity index (χ2v) is 5.88. The standard InChI is InChI=1S/C13H23N3O3/c1-13(2)11(18)16(12(19)14-13)8-4-7-15-6-3-5-10(15)9-17/h10,17H,3-9H2,1-2H3,(H,14,19)/t10-/m0/s1. The first-order valence-electron chi connectivity index (χ1n) is 6.95. The molecule has 108 valence electrons. The zero-order valence-electron chi connectivity index (χ0n) is 11.7. The van der Waals surface area contributed by atoms with Gasteiger partial charge in [0.05, 0.1) is 6.61 Å². The Morgan fingerprint density at radius 3 is 2.68 bits per heavy atom. The number of amides is 3. The Labute approximate surface area is 113 Å². The van der Waals surface area contributed by atoms with E-state index in [1.54, 1.807) is 13.8 Å². The van der Waals surface area contributed by atoms with Crippen LogP contribution in [-0.4, -0.2) is 64.7 Å². The van der Waals surface area contributed by atoms with Crippen LogP contribution in [0.2, 0.25) is 0 Å². The molecule has 2 rings (SSSR count). The van der Waals surface area contributed by atoms with Crippen molar-refractivity contribution >= 4 is 11.9 Å². The molecule has 2 saturated heterocycles. The fraction of sp³-hybridized carbons (Fsp3) is 0.846. The number of urea groups is 1. The number of nitrogens with zero attached hydrogens (tertiary/aromatic N) is 2. The number of carbonyl (C=O) groups is 2. The van der Waals surface area contributed by atoms with Gasteiger partial charge in [-0.15, -0.1) is 0 Å². The smallest absolute Gasteiger partial charge is 0.325 e. The van der Waals surface area contributed by atoms with Crippen LogP contribution in [0.5, 0.6) is 0 Å². The number of hydrogen-bond donors (Lipinski definition) is 2. The average Bonchev–Trinajstić information content (AvgIpc) is 2.86. The number of aliphatic hydroxyl groups is 1. The van der Waals surface area contributed by atoms with Crippen molar-refractivity contribution in [3.8, 4) is 0 Å². The maximum atomic E-state index is 12.0. The van der Waals surface area contributed by atoms with Crippen molar-refractivity contribution in [3.05, 3.63) is 0 Å². The molecule has 6 nitrogen and oxygen atoms in total. The number of aliphatic hydroxyl groups excluding tert-OH is 1. The SMILES string of the molecule is CC1(C)NC(=O)N(CCCN2CCC[C@H]2CO)C1=O. The molecule has 3 amide bonds. The third kappa shape index (κ3) is 2.90. The molecule has 2 aliphatic rings. The number of likely N-dealkylation sites (tertiary alicyclic amines) is 1. The lowest BCUT2D eigenvalue weighted by Crippen LogP contribution is -2.40. The van der Waals surface area contributed by atoms with Crippen molar-refractivity contribution in [2.45, 2.75) is 44.7 Å². The predicted molar refractivity (Wildman–Crippen MR) is 70.6 cm³/mol. The van der Waals surface area contributed by atoms with Crippen LogP contribution in [0.1, 0.15) is 33.1 Å². The monoisotopic (exact) mass is 269 g/mol. The summed E-state index contributed by atoms with van der Waals surface area (Å²) in [6.07, 6.45) is 2.90. The van der Waals surface area contributed by atoms with Crippen molar-refractivity contribution in [2.24, 2.45) is 0 Å². The summed E-state index contributed by atoms with van der Waals surface area (Å²) >= 11 is 0. The molecular formula is C13H23N3O3. The Kier molecular flexibility index (Phi) is 4.10. The molecule has 2 N–H and O–H groups in total. The Hall–Kier alpha value is -1.14. The van der Waals surface area contributed by atoms with E-state index in [1.807, 2.05) is 0 Å². The van der Waals surface area contributed by atoms with E-state index in [2.05, 4.69) is 10.2 Å². The number of rotatable bonds is 5. The highest BCUT2D eigenvalue weighted by Gasteiger charge is 2.43. The minimum absolute atomic E-state index is 0.155. The largest absolute Gasteiger partial charge is 0.395 e. The molecule has 2 aliphatic heterocycles. The Morgan fingerprint density at radius 2 is 2.11 bits per heavy atom. The van der Waals surface area contributed by atoms with Gasteiger partial charge in [-0.25, -0.2) is 4.79 Å². The van der Waals surface area contributed by atoms with Crippen molar-refractivity contribution in [1.82, 2.24) is 15.1 Å². The first kappa shape index (κ1) is 14.3. The summed E-state index contributed by atoms with van der Waals surface area (Å²) in [5, 5.41) is 11.9. The van der Waals surface area contributed by atoms with E-state index in [4.69, 9.17) is 0 Å². The van der Waals surface area contributed by atoms with Crippen LogP contribution in [0, 0.1) is 0 Å². The van der Waals surface area contributed by atoms with Crippen LogP contribution in [0.25, 0.3) is 0 Å². The van der Waals surface area contributed by atoms with E-state index in [0.717, 1.165) is 32.4 Å². The van der Waals surface area contributed by atoms with E-state index in [9.17, 15) is 14.7 Å². The summed E-state index contributed by atoms with van der Waals surface area (Å²) < 4.78 is 0. The lowest BCUT2D eigenvalue weighted by atomic mass is 10.1. The molecule has 0 aromatic carbocycles. The molecule has 0 aromatic rings. The Morgan fingerprint density at radius 1 is 1.37 bits per heavy atom. The van der Waals surface area contributed by atoms with Gasteiger partial charge in [0.1, 0.15) is 5.54 Å².